The van der Waals surface area contributed by atoms with Gasteiger partial charge in [0.1, 0.15) is 17.6 Å². The van der Waals surface area contributed by atoms with E-state index in [0.29, 0.717) is 23.5 Å². The van der Waals surface area contributed by atoms with Gasteiger partial charge >= 0.3 is 0 Å². The Morgan fingerprint density at radius 2 is 2.05 bits per heavy atom. The van der Waals surface area contributed by atoms with Crippen molar-refractivity contribution in [1.82, 2.24) is 19.4 Å². The molecule has 2 heterocycles. The molecule has 2 aromatic carbocycles. The van der Waals surface area contributed by atoms with Crippen LogP contribution in [-0.4, -0.2) is 59.0 Å². The van der Waals surface area contributed by atoms with Crippen LogP contribution in [0, 0.1) is 11.3 Å². The summed E-state index contributed by atoms with van der Waals surface area (Å²) in [7, 11) is 6.01. The summed E-state index contributed by atoms with van der Waals surface area (Å²) in [5, 5.41) is 9.77. The lowest BCUT2D eigenvalue weighted by Gasteiger charge is -2.35. The highest BCUT2D eigenvalue weighted by Crippen LogP contribution is 2.40. The average molecular weight is 529 g/mol. The molecule has 0 saturated carbocycles. The fourth-order valence-electron chi connectivity index (χ4n) is 5.43. The predicted molar refractivity (Wildman–Crippen MR) is 152 cm³/mol. The van der Waals surface area contributed by atoms with E-state index in [0.717, 1.165) is 62.1 Å². The first kappa shape index (κ1) is 28.3. The molecule has 39 heavy (non-hydrogen) atoms. The Hall–Kier alpha value is -3.67. The lowest BCUT2D eigenvalue weighted by molar-refractivity contribution is -0.137. The van der Waals surface area contributed by atoms with Gasteiger partial charge in [0.15, 0.2) is 0 Å². The summed E-state index contributed by atoms with van der Waals surface area (Å²) in [4.78, 5) is 22.3. The number of nitrogens with two attached hydrogens (primary N) is 1. The SMILES string of the molecule is CCC1(c2cccc(Oc3cc(C(N)Cc4cncn4C)ccc3C#N)c2)CCCCN(CCN(C)C)C1=O. The van der Waals surface area contributed by atoms with Crippen molar-refractivity contribution in [3.63, 3.8) is 0 Å². The van der Waals surface area contributed by atoms with Gasteiger partial charge in [-0.2, -0.15) is 5.26 Å². The number of aryl methyl sites for hydroxylation is 1. The summed E-state index contributed by atoms with van der Waals surface area (Å²) in [6.07, 6.45) is 7.72. The molecule has 0 spiro atoms. The van der Waals surface area contributed by atoms with Crippen molar-refractivity contribution < 1.29 is 9.53 Å². The first-order valence-corrected chi connectivity index (χ1v) is 13.7. The number of carbonyl (C=O) groups excluding carboxylic acids is 1. The summed E-state index contributed by atoms with van der Waals surface area (Å²) >= 11 is 0. The predicted octanol–water partition coefficient (Wildman–Crippen LogP) is 4.55. The van der Waals surface area contributed by atoms with E-state index in [2.05, 4.69) is 22.9 Å². The summed E-state index contributed by atoms with van der Waals surface area (Å²) in [5.41, 5.74) is 9.24. The summed E-state index contributed by atoms with van der Waals surface area (Å²) in [6, 6.07) is 15.3. The number of nitrogens with zero attached hydrogens (tertiary/aromatic N) is 5. The Kier molecular flexibility index (Phi) is 9.05. The third kappa shape index (κ3) is 6.32. The largest absolute Gasteiger partial charge is 0.456 e. The summed E-state index contributed by atoms with van der Waals surface area (Å²) in [6.45, 7) is 4.45. The van der Waals surface area contributed by atoms with E-state index in [1.54, 1.807) is 12.4 Å². The van der Waals surface area contributed by atoms with Gasteiger partial charge in [-0.25, -0.2) is 4.98 Å². The van der Waals surface area contributed by atoms with Gasteiger partial charge in [-0.15, -0.1) is 0 Å². The molecule has 2 unspecified atom stereocenters. The fourth-order valence-corrected chi connectivity index (χ4v) is 5.43. The zero-order valence-electron chi connectivity index (χ0n) is 23.6. The maximum atomic E-state index is 14.0. The number of benzene rings is 2. The molecule has 1 aliphatic heterocycles. The third-order valence-corrected chi connectivity index (χ3v) is 7.91. The van der Waals surface area contributed by atoms with Crippen molar-refractivity contribution in [2.24, 2.45) is 12.8 Å². The van der Waals surface area contributed by atoms with Crippen molar-refractivity contribution in [1.29, 1.82) is 5.26 Å². The highest BCUT2D eigenvalue weighted by atomic mass is 16.5. The number of rotatable bonds is 10. The van der Waals surface area contributed by atoms with Crippen LogP contribution in [0.4, 0.5) is 0 Å². The molecular formula is C31H40N6O2. The molecule has 0 bridgehead atoms. The number of hydrogen-bond donors (Lipinski definition) is 1. The Labute approximate surface area is 232 Å². The smallest absolute Gasteiger partial charge is 0.233 e. The Morgan fingerprint density at radius 3 is 2.74 bits per heavy atom. The minimum absolute atomic E-state index is 0.197. The molecule has 3 aromatic rings. The highest BCUT2D eigenvalue weighted by molar-refractivity contribution is 5.88. The van der Waals surface area contributed by atoms with Crippen LogP contribution in [-0.2, 0) is 23.7 Å². The van der Waals surface area contributed by atoms with Crippen molar-refractivity contribution in [3.8, 4) is 17.6 Å². The zero-order valence-corrected chi connectivity index (χ0v) is 23.6. The van der Waals surface area contributed by atoms with E-state index in [1.807, 2.05) is 73.2 Å². The van der Waals surface area contributed by atoms with E-state index in [-0.39, 0.29) is 11.9 Å². The number of ether oxygens (including phenoxy) is 1. The quantitative estimate of drug-likeness (QED) is 0.414. The summed E-state index contributed by atoms with van der Waals surface area (Å²) < 4.78 is 8.27. The third-order valence-electron chi connectivity index (χ3n) is 7.91. The van der Waals surface area contributed by atoms with Gasteiger partial charge in [0.2, 0.25) is 5.91 Å². The maximum Gasteiger partial charge on any atom is 0.233 e. The number of amides is 1. The van der Waals surface area contributed by atoms with Crippen LogP contribution in [0.5, 0.6) is 11.5 Å². The van der Waals surface area contributed by atoms with Crippen molar-refractivity contribution in [2.45, 2.75) is 50.5 Å². The van der Waals surface area contributed by atoms with Crippen LogP contribution in [0.3, 0.4) is 0 Å². The highest BCUT2D eigenvalue weighted by Gasteiger charge is 2.42. The van der Waals surface area contributed by atoms with Crippen LogP contribution in [0.1, 0.15) is 61.0 Å². The molecule has 0 aliphatic carbocycles. The Morgan fingerprint density at radius 1 is 1.23 bits per heavy atom. The van der Waals surface area contributed by atoms with E-state index in [1.165, 1.54) is 0 Å². The number of carbonyl (C=O) groups is 1. The van der Waals surface area contributed by atoms with E-state index in [4.69, 9.17) is 10.5 Å². The van der Waals surface area contributed by atoms with Gasteiger partial charge < -0.3 is 24.8 Å². The Balaban J connectivity index is 1.61. The molecule has 206 valence electrons. The maximum absolute atomic E-state index is 14.0. The monoisotopic (exact) mass is 528 g/mol. The van der Waals surface area contributed by atoms with Crippen molar-refractivity contribution >= 4 is 5.91 Å². The molecule has 1 saturated heterocycles. The van der Waals surface area contributed by atoms with Gasteiger partial charge in [-0.3, -0.25) is 4.79 Å². The number of imidazole rings is 1. The van der Waals surface area contributed by atoms with Gasteiger partial charge in [0, 0.05) is 51.0 Å². The first-order valence-electron chi connectivity index (χ1n) is 13.7. The van der Waals surface area contributed by atoms with Crippen molar-refractivity contribution in [3.05, 3.63) is 77.4 Å². The van der Waals surface area contributed by atoms with Gasteiger partial charge in [0.25, 0.3) is 0 Å². The molecule has 4 rings (SSSR count). The minimum Gasteiger partial charge on any atom is -0.456 e. The van der Waals surface area contributed by atoms with Crippen LogP contribution in [0.25, 0.3) is 0 Å². The number of nitriles is 1. The van der Waals surface area contributed by atoms with Crippen LogP contribution in [0.2, 0.25) is 0 Å². The number of likely N-dealkylation sites (tertiary alicyclic amines) is 1. The zero-order chi connectivity index (χ0) is 28.0. The topological polar surface area (TPSA) is 100 Å². The van der Waals surface area contributed by atoms with Gasteiger partial charge in [-0.1, -0.05) is 31.5 Å². The van der Waals surface area contributed by atoms with Gasteiger partial charge in [-0.05, 0) is 68.8 Å². The first-order chi connectivity index (χ1) is 18.8. The summed E-state index contributed by atoms with van der Waals surface area (Å²) in [5.74, 6) is 1.26. The van der Waals surface area contributed by atoms with Gasteiger partial charge in [0.05, 0.1) is 17.3 Å². The number of likely N-dealkylation sites (N-methyl/N-ethyl adjacent to an activating group) is 1. The molecule has 8 nitrogen and oxygen atoms in total. The molecule has 1 fully saturated rings. The van der Waals surface area contributed by atoms with Crippen LogP contribution >= 0.6 is 0 Å². The second-order valence-corrected chi connectivity index (χ2v) is 10.8. The van der Waals surface area contributed by atoms with E-state index < -0.39 is 5.41 Å². The lowest BCUT2D eigenvalue weighted by atomic mass is 9.73. The second kappa shape index (κ2) is 12.5. The molecule has 2 atom stereocenters. The van der Waals surface area contributed by atoms with E-state index in [9.17, 15) is 10.1 Å². The Bertz CT molecular complexity index is 1330. The number of aromatic nitrogens is 2. The lowest BCUT2D eigenvalue weighted by Crippen LogP contribution is -2.47. The van der Waals surface area contributed by atoms with E-state index >= 15 is 0 Å². The standard InChI is InChI=1S/C31H40N6O2/c1-5-31(13-6-7-14-37(30(31)38)16-15-35(2)3)25-9-8-10-27(18-25)39-29-17-23(11-12-24(29)20-32)28(33)19-26-21-34-22-36(26)4/h8-12,17-18,21-22,28H,5-7,13-16,19,33H2,1-4H3. The fraction of sp³-hybridized carbons (Fsp3) is 0.452. The minimum atomic E-state index is -0.590. The number of hydrogen-bond acceptors (Lipinski definition) is 6. The molecule has 1 aliphatic rings. The molecule has 1 aromatic heterocycles. The van der Waals surface area contributed by atoms with Crippen molar-refractivity contribution in [2.75, 3.05) is 33.7 Å². The molecule has 8 heteroatoms. The second-order valence-electron chi connectivity index (χ2n) is 10.8. The average Bonchev–Trinajstić information content (AvgIpc) is 3.25. The molecule has 0 radical (unpaired) electrons. The molecule has 1 amide bonds. The molecule has 2 N–H and O–H groups in total. The van der Waals surface area contributed by atoms with Crippen LogP contribution < -0.4 is 10.5 Å². The normalized spacial score (nSPS) is 18.6. The molecular weight excluding hydrogens is 488 g/mol. The van der Waals surface area contributed by atoms with Crippen LogP contribution in [0.15, 0.2) is 55.0 Å².